The van der Waals surface area contributed by atoms with Crippen LogP contribution in [0.5, 0.6) is 17.2 Å². The molecule has 162 valence electrons. The highest BCUT2D eigenvalue weighted by molar-refractivity contribution is 5.54. The summed E-state index contributed by atoms with van der Waals surface area (Å²) in [5, 5.41) is 10.2. The van der Waals surface area contributed by atoms with Crippen LogP contribution in [0.2, 0.25) is 0 Å². The zero-order valence-electron chi connectivity index (χ0n) is 17.8. The lowest BCUT2D eigenvalue weighted by molar-refractivity contribution is 0.225. The molecular weight excluding hydrogens is 400 g/mol. The van der Waals surface area contributed by atoms with Gasteiger partial charge in [0.2, 0.25) is 0 Å². The van der Waals surface area contributed by atoms with Crippen molar-refractivity contribution in [2.45, 2.75) is 26.4 Å². The molecule has 0 amide bonds. The molecule has 4 heteroatoms. The third kappa shape index (κ3) is 5.68. The van der Waals surface area contributed by atoms with E-state index in [4.69, 9.17) is 14.2 Å². The van der Waals surface area contributed by atoms with Crippen LogP contribution in [0.25, 0.3) is 0 Å². The van der Waals surface area contributed by atoms with Crippen LogP contribution in [-0.4, -0.2) is 5.11 Å². The van der Waals surface area contributed by atoms with Gasteiger partial charge in [0.25, 0.3) is 0 Å². The molecule has 0 saturated heterocycles. The summed E-state index contributed by atoms with van der Waals surface area (Å²) < 4.78 is 18.3. The number of benzene rings is 4. The number of aliphatic hydroxyl groups is 1. The van der Waals surface area contributed by atoms with Crippen molar-refractivity contribution in [2.24, 2.45) is 0 Å². The molecular formula is C28H26O4. The van der Waals surface area contributed by atoms with E-state index < -0.39 is 0 Å². The number of hydrogen-bond acceptors (Lipinski definition) is 4. The molecule has 0 saturated carbocycles. The highest BCUT2D eigenvalue weighted by Crippen LogP contribution is 2.39. The maximum absolute atomic E-state index is 10.2. The fourth-order valence-corrected chi connectivity index (χ4v) is 3.35. The Morgan fingerprint density at radius 1 is 0.469 bits per heavy atom. The number of rotatable bonds is 10. The maximum Gasteiger partial charge on any atom is 0.170 e. The second kappa shape index (κ2) is 11.0. The fourth-order valence-electron chi connectivity index (χ4n) is 3.35. The van der Waals surface area contributed by atoms with Gasteiger partial charge in [-0.05, 0) is 28.8 Å². The Labute approximate surface area is 188 Å². The second-order valence-electron chi connectivity index (χ2n) is 7.35. The predicted molar refractivity (Wildman–Crippen MR) is 125 cm³/mol. The average Bonchev–Trinajstić information content (AvgIpc) is 2.87. The van der Waals surface area contributed by atoms with Gasteiger partial charge in [0.05, 0.1) is 12.2 Å². The Balaban J connectivity index is 1.58. The number of ether oxygens (including phenoxy) is 3. The average molecular weight is 427 g/mol. The summed E-state index contributed by atoms with van der Waals surface area (Å²) in [7, 11) is 0. The first-order valence-corrected chi connectivity index (χ1v) is 10.6. The topological polar surface area (TPSA) is 47.9 Å². The SMILES string of the molecule is OCc1c(OCc2ccccc2)ccc(OCc2ccccc2)c1OCc1ccccc1. The Kier molecular flexibility index (Phi) is 7.40. The molecule has 0 fully saturated rings. The summed E-state index contributed by atoms with van der Waals surface area (Å²) in [4.78, 5) is 0. The molecule has 1 N–H and O–H groups in total. The third-order valence-corrected chi connectivity index (χ3v) is 5.04. The van der Waals surface area contributed by atoms with Crippen LogP contribution < -0.4 is 14.2 Å². The van der Waals surface area contributed by atoms with Crippen LogP contribution in [0.15, 0.2) is 103 Å². The van der Waals surface area contributed by atoms with E-state index in [1.165, 1.54) is 0 Å². The Bertz CT molecular complexity index is 1100. The van der Waals surface area contributed by atoms with Crippen molar-refractivity contribution in [3.63, 3.8) is 0 Å². The molecule has 0 spiro atoms. The molecule has 0 aromatic heterocycles. The van der Waals surface area contributed by atoms with Crippen LogP contribution >= 0.6 is 0 Å². The van der Waals surface area contributed by atoms with E-state index in [-0.39, 0.29) is 6.61 Å². The lowest BCUT2D eigenvalue weighted by Gasteiger charge is -2.19. The van der Waals surface area contributed by atoms with Gasteiger partial charge >= 0.3 is 0 Å². The highest BCUT2D eigenvalue weighted by Gasteiger charge is 2.17. The molecule has 0 aliphatic heterocycles. The lowest BCUT2D eigenvalue weighted by Crippen LogP contribution is -2.06. The minimum Gasteiger partial charge on any atom is -0.488 e. The summed E-state index contributed by atoms with van der Waals surface area (Å²) in [6.07, 6.45) is 0. The second-order valence-corrected chi connectivity index (χ2v) is 7.35. The quantitative estimate of drug-likeness (QED) is 0.342. The molecule has 32 heavy (non-hydrogen) atoms. The molecule has 4 rings (SSSR count). The van der Waals surface area contributed by atoms with E-state index in [1.807, 2.05) is 103 Å². The lowest BCUT2D eigenvalue weighted by atomic mass is 10.1. The van der Waals surface area contributed by atoms with Crippen LogP contribution in [0.4, 0.5) is 0 Å². The van der Waals surface area contributed by atoms with Crippen molar-refractivity contribution >= 4 is 0 Å². The number of aliphatic hydroxyl groups excluding tert-OH is 1. The van der Waals surface area contributed by atoms with E-state index in [1.54, 1.807) is 0 Å². The van der Waals surface area contributed by atoms with E-state index in [0.29, 0.717) is 42.6 Å². The number of hydrogen-bond donors (Lipinski definition) is 1. The van der Waals surface area contributed by atoms with E-state index >= 15 is 0 Å². The summed E-state index contributed by atoms with van der Waals surface area (Å²) in [6.45, 7) is 0.933. The van der Waals surface area contributed by atoms with Crippen LogP contribution in [0, 0.1) is 0 Å². The molecule has 0 aliphatic carbocycles. The molecule has 4 nitrogen and oxygen atoms in total. The molecule has 0 bridgehead atoms. The standard InChI is InChI=1S/C28H26O4/c29-18-25-26(30-19-22-10-4-1-5-11-22)16-17-27(31-20-23-12-6-2-7-13-23)28(25)32-21-24-14-8-3-9-15-24/h1-17,29H,18-21H2. The van der Waals surface area contributed by atoms with Gasteiger partial charge in [-0.15, -0.1) is 0 Å². The van der Waals surface area contributed by atoms with Crippen molar-refractivity contribution in [3.8, 4) is 17.2 Å². The van der Waals surface area contributed by atoms with Gasteiger partial charge in [-0.25, -0.2) is 0 Å². The highest BCUT2D eigenvalue weighted by atomic mass is 16.5. The zero-order valence-corrected chi connectivity index (χ0v) is 17.8. The Hall–Kier alpha value is -3.76. The van der Waals surface area contributed by atoms with E-state index in [0.717, 1.165) is 16.7 Å². The molecule has 0 heterocycles. The summed E-state index contributed by atoms with van der Waals surface area (Å²) >= 11 is 0. The van der Waals surface area contributed by atoms with Gasteiger partial charge in [-0.3, -0.25) is 0 Å². The van der Waals surface area contributed by atoms with Crippen molar-refractivity contribution in [3.05, 3.63) is 125 Å². The minimum atomic E-state index is -0.225. The Morgan fingerprint density at radius 3 is 1.34 bits per heavy atom. The third-order valence-electron chi connectivity index (χ3n) is 5.04. The summed E-state index contributed by atoms with van der Waals surface area (Å²) in [6, 6.07) is 33.4. The summed E-state index contributed by atoms with van der Waals surface area (Å²) in [5.41, 5.74) is 3.70. The first-order valence-electron chi connectivity index (χ1n) is 10.6. The molecule has 0 aliphatic rings. The van der Waals surface area contributed by atoms with Crippen LogP contribution in [-0.2, 0) is 26.4 Å². The zero-order chi connectivity index (χ0) is 22.0. The van der Waals surface area contributed by atoms with Gasteiger partial charge in [-0.2, -0.15) is 0 Å². The van der Waals surface area contributed by atoms with Gasteiger partial charge in [0, 0.05) is 0 Å². The van der Waals surface area contributed by atoms with Gasteiger partial charge < -0.3 is 19.3 Å². The Morgan fingerprint density at radius 2 is 0.875 bits per heavy atom. The first kappa shape index (κ1) is 21.5. The predicted octanol–water partition coefficient (Wildman–Crippen LogP) is 5.92. The van der Waals surface area contributed by atoms with Crippen molar-refractivity contribution in [1.82, 2.24) is 0 Å². The van der Waals surface area contributed by atoms with Gasteiger partial charge in [0.15, 0.2) is 11.5 Å². The maximum atomic E-state index is 10.2. The van der Waals surface area contributed by atoms with E-state index in [2.05, 4.69) is 0 Å². The van der Waals surface area contributed by atoms with Crippen LogP contribution in [0.1, 0.15) is 22.3 Å². The van der Waals surface area contributed by atoms with Gasteiger partial charge in [0.1, 0.15) is 25.6 Å². The normalized spacial score (nSPS) is 10.5. The molecule has 0 radical (unpaired) electrons. The first-order chi connectivity index (χ1) is 15.8. The monoisotopic (exact) mass is 426 g/mol. The van der Waals surface area contributed by atoms with Crippen molar-refractivity contribution < 1.29 is 19.3 Å². The minimum absolute atomic E-state index is 0.225. The molecule has 0 atom stereocenters. The molecule has 4 aromatic rings. The molecule has 0 unspecified atom stereocenters. The van der Waals surface area contributed by atoms with Gasteiger partial charge in [-0.1, -0.05) is 91.0 Å². The van der Waals surface area contributed by atoms with Crippen LogP contribution in [0.3, 0.4) is 0 Å². The van der Waals surface area contributed by atoms with E-state index in [9.17, 15) is 5.11 Å². The smallest absolute Gasteiger partial charge is 0.170 e. The molecule has 4 aromatic carbocycles. The van der Waals surface area contributed by atoms with Crippen molar-refractivity contribution in [2.75, 3.05) is 0 Å². The fraction of sp³-hybridized carbons (Fsp3) is 0.143. The van der Waals surface area contributed by atoms with Crippen molar-refractivity contribution in [1.29, 1.82) is 0 Å². The summed E-state index contributed by atoms with van der Waals surface area (Å²) in [5.74, 6) is 1.64. The largest absolute Gasteiger partial charge is 0.488 e.